The van der Waals surface area contributed by atoms with Gasteiger partial charge in [0.1, 0.15) is 10.6 Å². The number of nitrogens with one attached hydrogen (secondary N) is 1. The zero-order valence-corrected chi connectivity index (χ0v) is 22.7. The number of carbonyl (C=O) groups excluding carboxylic acids is 1. The molecule has 0 spiro atoms. The fraction of sp³-hybridized carbons (Fsp3) is 0.194. The minimum atomic E-state index is -4.16. The molecule has 4 aromatic carbocycles. The number of hydrogen-bond acceptors (Lipinski definition) is 5. The number of unbranched alkanes of at least 4 members (excludes halogenated alkanes) is 1. The predicted molar refractivity (Wildman–Crippen MR) is 154 cm³/mol. The molecule has 0 aromatic heterocycles. The molecule has 202 valence electrons. The van der Waals surface area contributed by atoms with Crippen LogP contribution in [0.1, 0.15) is 41.3 Å². The first-order valence-corrected chi connectivity index (χ1v) is 14.4. The van der Waals surface area contributed by atoms with E-state index in [1.807, 2.05) is 60.7 Å². The van der Waals surface area contributed by atoms with E-state index in [1.54, 1.807) is 41.3 Å². The summed E-state index contributed by atoms with van der Waals surface area (Å²) >= 11 is 0. The SMILES string of the molecule is CCCCNc1cc(CN(Cc2ccccc2)C(=O)c2ccccc2)cc(S(N)(=O)=O)c1Oc1ccccc1. The average molecular weight is 544 g/mol. The first-order valence-electron chi connectivity index (χ1n) is 12.9. The van der Waals surface area contributed by atoms with Gasteiger partial charge in [0.05, 0.1) is 5.69 Å². The van der Waals surface area contributed by atoms with Crippen LogP contribution in [-0.2, 0) is 23.1 Å². The van der Waals surface area contributed by atoms with Gasteiger partial charge in [0.2, 0.25) is 10.0 Å². The molecule has 0 fully saturated rings. The lowest BCUT2D eigenvalue weighted by atomic mass is 10.1. The first-order chi connectivity index (χ1) is 18.8. The molecule has 1 amide bonds. The summed E-state index contributed by atoms with van der Waals surface area (Å²) in [6, 6.07) is 31.0. The van der Waals surface area contributed by atoms with Crippen LogP contribution < -0.4 is 15.2 Å². The highest BCUT2D eigenvalue weighted by Crippen LogP contribution is 2.37. The Hall–Kier alpha value is -4.14. The van der Waals surface area contributed by atoms with Crippen molar-refractivity contribution in [2.24, 2.45) is 5.14 Å². The van der Waals surface area contributed by atoms with E-state index >= 15 is 0 Å². The van der Waals surface area contributed by atoms with Crippen LogP contribution in [0.5, 0.6) is 11.5 Å². The number of sulfonamides is 1. The Morgan fingerprint density at radius 1 is 0.846 bits per heavy atom. The van der Waals surface area contributed by atoms with E-state index in [9.17, 15) is 13.2 Å². The van der Waals surface area contributed by atoms with E-state index < -0.39 is 10.0 Å². The fourth-order valence-electron chi connectivity index (χ4n) is 4.19. The van der Waals surface area contributed by atoms with Crippen molar-refractivity contribution in [1.29, 1.82) is 0 Å². The number of para-hydroxylation sites is 1. The molecule has 0 aliphatic carbocycles. The molecule has 0 saturated heterocycles. The molecule has 0 atom stereocenters. The summed E-state index contributed by atoms with van der Waals surface area (Å²) in [6.07, 6.45) is 1.84. The van der Waals surface area contributed by atoms with Crippen LogP contribution in [0.15, 0.2) is 108 Å². The van der Waals surface area contributed by atoms with Crippen molar-refractivity contribution in [3.8, 4) is 11.5 Å². The number of ether oxygens (including phenoxy) is 1. The molecular weight excluding hydrogens is 510 g/mol. The van der Waals surface area contributed by atoms with Gasteiger partial charge in [0.25, 0.3) is 5.91 Å². The maximum atomic E-state index is 13.6. The van der Waals surface area contributed by atoms with Crippen molar-refractivity contribution in [3.63, 3.8) is 0 Å². The smallest absolute Gasteiger partial charge is 0.254 e. The van der Waals surface area contributed by atoms with E-state index in [0.717, 1.165) is 18.4 Å². The maximum absolute atomic E-state index is 13.6. The summed E-state index contributed by atoms with van der Waals surface area (Å²) in [5, 5.41) is 9.02. The summed E-state index contributed by atoms with van der Waals surface area (Å²) in [4.78, 5) is 15.1. The molecule has 3 N–H and O–H groups in total. The van der Waals surface area contributed by atoms with Crippen LogP contribution in [0.4, 0.5) is 5.69 Å². The number of rotatable bonds is 12. The Morgan fingerprint density at radius 2 is 1.44 bits per heavy atom. The number of carbonyl (C=O) groups is 1. The number of nitrogens with two attached hydrogens (primary N) is 1. The molecule has 4 aromatic rings. The van der Waals surface area contributed by atoms with Gasteiger partial charge in [0.15, 0.2) is 5.75 Å². The number of amides is 1. The Balaban J connectivity index is 1.77. The zero-order chi connectivity index (χ0) is 27.7. The third-order valence-electron chi connectivity index (χ3n) is 6.13. The lowest BCUT2D eigenvalue weighted by Gasteiger charge is -2.25. The Morgan fingerprint density at radius 3 is 2.05 bits per heavy atom. The lowest BCUT2D eigenvalue weighted by molar-refractivity contribution is 0.0730. The van der Waals surface area contributed by atoms with Crippen molar-refractivity contribution in [2.45, 2.75) is 37.8 Å². The van der Waals surface area contributed by atoms with Crippen molar-refractivity contribution in [2.75, 3.05) is 11.9 Å². The number of primary sulfonamides is 1. The third kappa shape index (κ3) is 7.69. The van der Waals surface area contributed by atoms with Gasteiger partial charge in [0, 0.05) is 25.2 Å². The average Bonchev–Trinajstić information content (AvgIpc) is 2.94. The van der Waals surface area contributed by atoms with E-state index in [0.29, 0.717) is 35.7 Å². The van der Waals surface area contributed by atoms with Crippen molar-refractivity contribution in [3.05, 3.63) is 120 Å². The zero-order valence-electron chi connectivity index (χ0n) is 21.9. The van der Waals surface area contributed by atoms with Gasteiger partial charge in [-0.25, -0.2) is 13.6 Å². The monoisotopic (exact) mass is 543 g/mol. The highest BCUT2D eigenvalue weighted by Gasteiger charge is 2.24. The Kier molecular flexibility index (Phi) is 9.35. The van der Waals surface area contributed by atoms with Gasteiger partial charge in [-0.05, 0) is 53.9 Å². The van der Waals surface area contributed by atoms with Crippen molar-refractivity contribution < 1.29 is 17.9 Å². The van der Waals surface area contributed by atoms with E-state index in [4.69, 9.17) is 9.88 Å². The van der Waals surface area contributed by atoms with Crippen molar-refractivity contribution >= 4 is 21.6 Å². The topological polar surface area (TPSA) is 102 Å². The molecule has 0 radical (unpaired) electrons. The summed E-state index contributed by atoms with van der Waals surface area (Å²) < 4.78 is 31.7. The maximum Gasteiger partial charge on any atom is 0.254 e. The summed E-state index contributed by atoms with van der Waals surface area (Å²) in [5.41, 5.74) is 2.61. The second kappa shape index (κ2) is 13.1. The van der Waals surface area contributed by atoms with Crippen LogP contribution in [0.3, 0.4) is 0 Å². The molecule has 0 saturated carbocycles. The van der Waals surface area contributed by atoms with Gasteiger partial charge in [-0.15, -0.1) is 0 Å². The fourth-order valence-corrected chi connectivity index (χ4v) is 4.92. The second-order valence-electron chi connectivity index (χ2n) is 9.22. The van der Waals surface area contributed by atoms with Crippen molar-refractivity contribution in [1.82, 2.24) is 4.90 Å². The second-order valence-corrected chi connectivity index (χ2v) is 10.8. The Bertz CT molecular complexity index is 1480. The lowest BCUT2D eigenvalue weighted by Crippen LogP contribution is -2.30. The molecule has 0 aliphatic rings. The summed E-state index contributed by atoms with van der Waals surface area (Å²) in [6.45, 7) is 3.21. The molecule has 0 aliphatic heterocycles. The Labute approximate surface area is 230 Å². The number of hydrogen-bond donors (Lipinski definition) is 2. The van der Waals surface area contributed by atoms with Crippen LogP contribution in [0.25, 0.3) is 0 Å². The van der Waals surface area contributed by atoms with Crippen LogP contribution >= 0.6 is 0 Å². The predicted octanol–water partition coefficient (Wildman–Crippen LogP) is 6.18. The van der Waals surface area contributed by atoms with E-state index in [2.05, 4.69) is 12.2 Å². The summed E-state index contributed by atoms with van der Waals surface area (Å²) in [7, 11) is -4.16. The van der Waals surface area contributed by atoms with Gasteiger partial charge < -0.3 is 15.0 Å². The third-order valence-corrected chi connectivity index (χ3v) is 7.04. The van der Waals surface area contributed by atoms with Crippen LogP contribution in [0.2, 0.25) is 0 Å². The van der Waals surface area contributed by atoms with Gasteiger partial charge in [-0.1, -0.05) is 80.1 Å². The minimum Gasteiger partial charge on any atom is -0.454 e. The van der Waals surface area contributed by atoms with Crippen LogP contribution in [-0.4, -0.2) is 25.8 Å². The molecule has 0 bridgehead atoms. The minimum absolute atomic E-state index is 0.132. The van der Waals surface area contributed by atoms with Gasteiger partial charge in [-0.2, -0.15) is 0 Å². The highest BCUT2D eigenvalue weighted by molar-refractivity contribution is 7.89. The normalized spacial score (nSPS) is 11.1. The first kappa shape index (κ1) is 27.9. The molecule has 0 heterocycles. The largest absolute Gasteiger partial charge is 0.454 e. The quantitative estimate of drug-likeness (QED) is 0.208. The highest BCUT2D eigenvalue weighted by atomic mass is 32.2. The van der Waals surface area contributed by atoms with Gasteiger partial charge in [-0.3, -0.25) is 4.79 Å². The molecule has 4 rings (SSSR count). The standard InChI is InChI=1S/C31H33N3O4S/c1-2-3-19-33-28-20-25(21-29(39(32,36)37)30(28)38-27-17-11-6-12-18-27)23-34(22-24-13-7-4-8-14-24)31(35)26-15-9-5-10-16-26/h4-18,20-21,33H,2-3,19,22-23H2,1H3,(H2,32,36,37). The molecule has 8 heteroatoms. The summed E-state index contributed by atoms with van der Waals surface area (Å²) in [5.74, 6) is 0.452. The van der Waals surface area contributed by atoms with Crippen LogP contribution in [0, 0.1) is 0 Å². The molecule has 7 nitrogen and oxygen atoms in total. The van der Waals surface area contributed by atoms with E-state index in [1.165, 1.54) is 6.07 Å². The molecular formula is C31H33N3O4S. The number of anilines is 1. The van der Waals surface area contributed by atoms with Gasteiger partial charge >= 0.3 is 0 Å². The number of benzene rings is 4. The molecule has 0 unspecified atom stereocenters. The number of nitrogens with zero attached hydrogens (tertiary/aromatic N) is 1. The van der Waals surface area contributed by atoms with E-state index in [-0.39, 0.29) is 23.1 Å². The molecule has 39 heavy (non-hydrogen) atoms.